The van der Waals surface area contributed by atoms with E-state index in [1.54, 1.807) is 12.1 Å². The second-order valence-corrected chi connectivity index (χ2v) is 9.46. The highest BCUT2D eigenvalue weighted by Gasteiger charge is 2.25. The van der Waals surface area contributed by atoms with E-state index < -0.39 is 10.0 Å². The Morgan fingerprint density at radius 1 is 1.18 bits per heavy atom. The van der Waals surface area contributed by atoms with E-state index in [1.165, 1.54) is 20.2 Å². The lowest BCUT2D eigenvalue weighted by Gasteiger charge is -2.23. The zero-order valence-electron chi connectivity index (χ0n) is 16.7. The van der Waals surface area contributed by atoms with Crippen molar-refractivity contribution in [3.8, 4) is 0 Å². The molecule has 1 fully saturated rings. The maximum absolute atomic E-state index is 13.1. The van der Waals surface area contributed by atoms with Gasteiger partial charge in [0.1, 0.15) is 11.5 Å². The lowest BCUT2D eigenvalue weighted by atomic mass is 10.1. The maximum atomic E-state index is 13.1. The van der Waals surface area contributed by atoms with Crippen LogP contribution in [0.1, 0.15) is 47.7 Å². The summed E-state index contributed by atoms with van der Waals surface area (Å²) in [6, 6.07) is 8.12. The Hall–Kier alpha value is -2.32. The molecule has 1 atom stereocenters. The van der Waals surface area contributed by atoms with Crippen molar-refractivity contribution in [2.24, 2.45) is 0 Å². The van der Waals surface area contributed by atoms with E-state index in [0.717, 1.165) is 41.7 Å². The molecule has 1 aromatic heterocycles. The van der Waals surface area contributed by atoms with Gasteiger partial charge in [-0.05, 0) is 57.0 Å². The van der Waals surface area contributed by atoms with Crippen LogP contribution in [0.5, 0.6) is 0 Å². The molecule has 7 nitrogen and oxygen atoms in total. The van der Waals surface area contributed by atoms with Crippen molar-refractivity contribution in [3.05, 3.63) is 47.4 Å². The van der Waals surface area contributed by atoms with Gasteiger partial charge in [0, 0.05) is 32.9 Å². The van der Waals surface area contributed by atoms with Crippen molar-refractivity contribution in [1.82, 2.24) is 9.62 Å². The van der Waals surface area contributed by atoms with Crippen molar-refractivity contribution in [2.75, 3.05) is 32.1 Å². The quantitative estimate of drug-likeness (QED) is 0.799. The minimum Gasteiger partial charge on any atom is -0.464 e. The predicted octanol–water partition coefficient (Wildman–Crippen LogP) is 2.93. The summed E-state index contributed by atoms with van der Waals surface area (Å²) in [7, 11) is -0.680. The topological polar surface area (TPSA) is 82.9 Å². The second-order valence-electron chi connectivity index (χ2n) is 7.30. The largest absolute Gasteiger partial charge is 0.464 e. The molecule has 1 amide bonds. The number of aryl methyl sites for hydroxylation is 1. The third-order valence-corrected chi connectivity index (χ3v) is 6.78. The van der Waals surface area contributed by atoms with Gasteiger partial charge in [0.2, 0.25) is 10.0 Å². The summed E-state index contributed by atoms with van der Waals surface area (Å²) < 4.78 is 31.8. The van der Waals surface area contributed by atoms with E-state index in [1.807, 2.05) is 26.0 Å². The second kappa shape index (κ2) is 7.97. The number of carbonyl (C=O) groups excluding carboxylic acids is 1. The van der Waals surface area contributed by atoms with Gasteiger partial charge in [-0.15, -0.1) is 0 Å². The van der Waals surface area contributed by atoms with Gasteiger partial charge in [-0.3, -0.25) is 4.79 Å². The first-order valence-electron chi connectivity index (χ1n) is 9.39. The van der Waals surface area contributed by atoms with Crippen LogP contribution in [0.15, 0.2) is 39.6 Å². The van der Waals surface area contributed by atoms with E-state index in [9.17, 15) is 13.2 Å². The summed E-state index contributed by atoms with van der Waals surface area (Å²) >= 11 is 0. The molecule has 0 spiro atoms. The molecule has 0 bridgehead atoms. The standard InChI is InChI=1S/C20H27N3O4S/c1-14-7-10-19(27-14)15(2)21-20(24)17-13-16(28(25,26)22(3)4)8-9-18(17)23-11-5-6-12-23/h7-10,13,15H,5-6,11-12H2,1-4H3,(H,21,24). The maximum Gasteiger partial charge on any atom is 0.254 e. The van der Waals surface area contributed by atoms with Gasteiger partial charge in [0.25, 0.3) is 5.91 Å². The number of nitrogens with zero attached hydrogens (tertiary/aromatic N) is 2. The molecule has 3 rings (SSSR count). The molecule has 1 aliphatic rings. The Kier molecular flexibility index (Phi) is 5.81. The number of benzene rings is 1. The van der Waals surface area contributed by atoms with Crippen LogP contribution in [0.4, 0.5) is 5.69 Å². The van der Waals surface area contributed by atoms with E-state index in [2.05, 4.69) is 10.2 Å². The third kappa shape index (κ3) is 4.07. The molecule has 1 aliphatic heterocycles. The molecule has 0 aliphatic carbocycles. The predicted molar refractivity (Wildman–Crippen MR) is 108 cm³/mol. The number of anilines is 1. The van der Waals surface area contributed by atoms with Crippen molar-refractivity contribution in [1.29, 1.82) is 0 Å². The van der Waals surface area contributed by atoms with Crippen LogP contribution >= 0.6 is 0 Å². The summed E-state index contributed by atoms with van der Waals surface area (Å²) in [5.41, 5.74) is 1.12. The highest BCUT2D eigenvalue weighted by atomic mass is 32.2. The molecule has 2 heterocycles. The first-order valence-corrected chi connectivity index (χ1v) is 10.8. The minimum atomic E-state index is -3.63. The summed E-state index contributed by atoms with van der Waals surface area (Å²) in [4.78, 5) is 15.3. The molecule has 28 heavy (non-hydrogen) atoms. The highest BCUT2D eigenvalue weighted by molar-refractivity contribution is 7.89. The van der Waals surface area contributed by atoms with Crippen LogP contribution in [0.25, 0.3) is 0 Å². The molecule has 152 valence electrons. The van der Waals surface area contributed by atoms with Crippen LogP contribution < -0.4 is 10.2 Å². The van der Waals surface area contributed by atoms with Crippen molar-refractivity contribution >= 4 is 21.6 Å². The average molecular weight is 406 g/mol. The van der Waals surface area contributed by atoms with Crippen LogP contribution in [-0.4, -0.2) is 45.8 Å². The number of rotatable bonds is 6. The molecule has 1 saturated heterocycles. The molecule has 8 heteroatoms. The van der Waals surface area contributed by atoms with E-state index >= 15 is 0 Å². The lowest BCUT2D eigenvalue weighted by molar-refractivity contribution is 0.0935. The fourth-order valence-electron chi connectivity index (χ4n) is 3.33. The van der Waals surface area contributed by atoms with Crippen molar-refractivity contribution in [3.63, 3.8) is 0 Å². The fourth-order valence-corrected chi connectivity index (χ4v) is 4.26. The Balaban J connectivity index is 1.96. The summed E-state index contributed by atoms with van der Waals surface area (Å²) in [6.45, 7) is 5.39. The average Bonchev–Trinajstić information content (AvgIpc) is 3.32. The van der Waals surface area contributed by atoms with Crippen LogP contribution in [0.2, 0.25) is 0 Å². The molecule has 0 saturated carbocycles. The molecule has 1 N–H and O–H groups in total. The smallest absolute Gasteiger partial charge is 0.254 e. The first kappa shape index (κ1) is 20.4. The van der Waals surface area contributed by atoms with Gasteiger partial charge in [-0.1, -0.05) is 0 Å². The summed E-state index contributed by atoms with van der Waals surface area (Å²) in [6.07, 6.45) is 2.11. The number of furan rings is 1. The SMILES string of the molecule is Cc1ccc(C(C)NC(=O)c2cc(S(=O)(=O)N(C)C)ccc2N2CCCC2)o1. The van der Waals surface area contributed by atoms with Gasteiger partial charge in [-0.2, -0.15) is 0 Å². The van der Waals surface area contributed by atoms with Gasteiger partial charge < -0.3 is 14.6 Å². The molecule has 0 radical (unpaired) electrons. The van der Waals surface area contributed by atoms with E-state index in [4.69, 9.17) is 4.42 Å². The summed E-state index contributed by atoms with van der Waals surface area (Å²) in [5.74, 6) is 1.11. The van der Waals surface area contributed by atoms with Gasteiger partial charge >= 0.3 is 0 Å². The summed E-state index contributed by atoms with van der Waals surface area (Å²) in [5, 5.41) is 2.93. The Morgan fingerprint density at radius 3 is 2.43 bits per heavy atom. The minimum absolute atomic E-state index is 0.104. The zero-order chi connectivity index (χ0) is 20.5. The number of hydrogen-bond acceptors (Lipinski definition) is 5. The Bertz CT molecular complexity index is 960. The number of hydrogen-bond donors (Lipinski definition) is 1. The number of carbonyl (C=O) groups is 1. The van der Waals surface area contributed by atoms with Gasteiger partial charge in [0.05, 0.1) is 16.5 Å². The lowest BCUT2D eigenvalue weighted by Crippen LogP contribution is -2.30. The first-order chi connectivity index (χ1) is 13.2. The molecular formula is C20H27N3O4S. The third-order valence-electron chi connectivity index (χ3n) is 4.97. The zero-order valence-corrected chi connectivity index (χ0v) is 17.5. The van der Waals surface area contributed by atoms with Crippen molar-refractivity contribution in [2.45, 2.75) is 37.6 Å². The Morgan fingerprint density at radius 2 is 1.86 bits per heavy atom. The van der Waals surface area contributed by atoms with Gasteiger partial charge in [0.15, 0.2) is 0 Å². The normalized spacial score (nSPS) is 15.8. The van der Waals surface area contributed by atoms with Crippen LogP contribution in [0, 0.1) is 6.92 Å². The van der Waals surface area contributed by atoms with Gasteiger partial charge in [-0.25, -0.2) is 12.7 Å². The van der Waals surface area contributed by atoms with E-state index in [0.29, 0.717) is 11.3 Å². The molecule has 2 aromatic rings. The number of sulfonamides is 1. The van der Waals surface area contributed by atoms with E-state index in [-0.39, 0.29) is 16.8 Å². The molecular weight excluding hydrogens is 378 g/mol. The Labute approximate surface area is 166 Å². The van der Waals surface area contributed by atoms with Crippen LogP contribution in [0.3, 0.4) is 0 Å². The molecule has 1 aromatic carbocycles. The van der Waals surface area contributed by atoms with Crippen molar-refractivity contribution < 1.29 is 17.6 Å². The monoisotopic (exact) mass is 405 g/mol. The molecule has 1 unspecified atom stereocenters. The number of nitrogens with one attached hydrogen (secondary N) is 1. The number of amides is 1. The van der Waals surface area contributed by atoms with Crippen LogP contribution in [-0.2, 0) is 10.0 Å². The fraction of sp³-hybridized carbons (Fsp3) is 0.450. The highest BCUT2D eigenvalue weighted by Crippen LogP contribution is 2.29.